The van der Waals surface area contributed by atoms with Crippen LogP contribution >= 0.6 is 0 Å². The summed E-state index contributed by atoms with van der Waals surface area (Å²) in [4.78, 5) is 11.5. The zero-order valence-electron chi connectivity index (χ0n) is 18.6. The van der Waals surface area contributed by atoms with Crippen LogP contribution in [0.2, 0.25) is 0 Å². The van der Waals surface area contributed by atoms with Crippen LogP contribution in [0.25, 0.3) is 16.6 Å². The van der Waals surface area contributed by atoms with Gasteiger partial charge in [0, 0.05) is 17.8 Å². The second-order valence-corrected chi connectivity index (χ2v) is 8.86. The molecule has 1 aromatic heterocycles. The molecule has 0 aliphatic rings. The van der Waals surface area contributed by atoms with Crippen LogP contribution < -0.4 is 5.32 Å². The molecule has 1 unspecified atom stereocenters. The third-order valence-electron chi connectivity index (χ3n) is 5.87. The van der Waals surface area contributed by atoms with E-state index in [1.165, 1.54) is 12.1 Å². The number of carbonyl (C=O) groups excluding carboxylic acids is 1. The number of nitrogens with zero attached hydrogens (tertiary/aromatic N) is 2. The zero-order chi connectivity index (χ0) is 24.5. The maximum atomic E-state index is 13.3. The fourth-order valence-electron chi connectivity index (χ4n) is 4.27. The Labute approximate surface area is 194 Å². The first-order valence-electron chi connectivity index (χ1n) is 10.7. The van der Waals surface area contributed by atoms with Crippen LogP contribution in [0.15, 0.2) is 79.0 Å². The van der Waals surface area contributed by atoms with Gasteiger partial charge in [-0.15, -0.1) is 0 Å². The van der Waals surface area contributed by atoms with Crippen LogP contribution in [0, 0.1) is 11.2 Å². The fourth-order valence-corrected chi connectivity index (χ4v) is 4.27. The summed E-state index contributed by atoms with van der Waals surface area (Å²) in [6.07, 6.45) is -3.24. The maximum absolute atomic E-state index is 13.3. The van der Waals surface area contributed by atoms with Crippen molar-refractivity contribution in [2.75, 3.05) is 6.54 Å². The monoisotopic (exact) mass is 469 g/mol. The van der Waals surface area contributed by atoms with Gasteiger partial charge in [-0.1, -0.05) is 50.2 Å². The number of amides is 1. The highest BCUT2D eigenvalue weighted by atomic mass is 19.4. The van der Waals surface area contributed by atoms with Crippen molar-refractivity contribution in [3.63, 3.8) is 0 Å². The molecular weight excluding hydrogens is 446 g/mol. The number of hydrogen-bond donors (Lipinski definition) is 1. The first kappa shape index (κ1) is 23.5. The van der Waals surface area contributed by atoms with Gasteiger partial charge < -0.3 is 5.32 Å². The summed E-state index contributed by atoms with van der Waals surface area (Å²) in [7, 11) is 0. The Bertz CT molecular complexity index is 1300. The molecule has 0 radical (unpaired) electrons. The predicted octanol–water partition coefficient (Wildman–Crippen LogP) is 6.00. The van der Waals surface area contributed by atoms with E-state index in [0.29, 0.717) is 5.69 Å². The highest BCUT2D eigenvalue weighted by Gasteiger charge is 2.40. The molecule has 0 bridgehead atoms. The van der Waals surface area contributed by atoms with Crippen molar-refractivity contribution in [2.45, 2.75) is 25.9 Å². The SMILES string of the molecule is CC(C)(CNC(=O)C(F)(F)F)C(c1ccccc1)c1ccc2c(cnn2-c2ccc(F)cc2)c1. The summed E-state index contributed by atoms with van der Waals surface area (Å²) in [5.74, 6) is -2.60. The number of benzene rings is 3. The Morgan fingerprint density at radius 2 is 1.65 bits per heavy atom. The fraction of sp³-hybridized carbons (Fsp3) is 0.231. The molecule has 0 aliphatic carbocycles. The van der Waals surface area contributed by atoms with E-state index in [4.69, 9.17) is 0 Å². The summed E-state index contributed by atoms with van der Waals surface area (Å²) in [6, 6.07) is 21.2. The lowest BCUT2D eigenvalue weighted by Gasteiger charge is -2.35. The number of halogens is 4. The number of alkyl halides is 3. The maximum Gasteiger partial charge on any atom is 0.471 e. The third-order valence-corrected chi connectivity index (χ3v) is 5.87. The van der Waals surface area contributed by atoms with Crippen molar-refractivity contribution < 1.29 is 22.4 Å². The minimum Gasteiger partial charge on any atom is -0.348 e. The van der Waals surface area contributed by atoms with Gasteiger partial charge in [-0.2, -0.15) is 18.3 Å². The van der Waals surface area contributed by atoms with Crippen LogP contribution in [0.5, 0.6) is 0 Å². The average molecular weight is 469 g/mol. The number of hydrogen-bond acceptors (Lipinski definition) is 2. The van der Waals surface area contributed by atoms with E-state index in [1.54, 1.807) is 23.0 Å². The summed E-state index contributed by atoms with van der Waals surface area (Å²) < 4.78 is 53.3. The van der Waals surface area contributed by atoms with E-state index in [-0.39, 0.29) is 18.3 Å². The van der Waals surface area contributed by atoms with Gasteiger partial charge in [-0.05, 0) is 52.9 Å². The molecule has 1 heterocycles. The van der Waals surface area contributed by atoms with Crippen molar-refractivity contribution in [3.8, 4) is 5.69 Å². The predicted molar refractivity (Wildman–Crippen MR) is 122 cm³/mol. The molecule has 1 N–H and O–H groups in total. The van der Waals surface area contributed by atoms with Crippen LogP contribution in [-0.4, -0.2) is 28.4 Å². The summed E-state index contributed by atoms with van der Waals surface area (Å²) in [5, 5.41) is 7.30. The minimum absolute atomic E-state index is 0.169. The highest BCUT2D eigenvalue weighted by Crippen LogP contribution is 2.41. The molecule has 0 saturated carbocycles. The van der Waals surface area contributed by atoms with E-state index < -0.39 is 17.5 Å². The molecule has 0 fully saturated rings. The van der Waals surface area contributed by atoms with Crippen molar-refractivity contribution in [2.24, 2.45) is 5.41 Å². The van der Waals surface area contributed by atoms with Gasteiger partial charge in [-0.3, -0.25) is 4.79 Å². The minimum atomic E-state index is -4.94. The van der Waals surface area contributed by atoms with Crippen LogP contribution in [0.1, 0.15) is 30.9 Å². The standard InChI is InChI=1S/C26H23F4N3O/c1-25(2,16-31-24(34)26(28,29)30)23(17-6-4-3-5-7-17)18-8-13-22-19(14-18)15-32-33(22)21-11-9-20(27)10-12-21/h3-15,23H,16H2,1-2H3,(H,31,34). The summed E-state index contributed by atoms with van der Waals surface area (Å²) in [6.45, 7) is 3.48. The van der Waals surface area contributed by atoms with Gasteiger partial charge in [-0.25, -0.2) is 9.07 Å². The smallest absolute Gasteiger partial charge is 0.348 e. The van der Waals surface area contributed by atoms with Crippen LogP contribution in [-0.2, 0) is 4.79 Å². The van der Waals surface area contributed by atoms with E-state index >= 15 is 0 Å². The van der Waals surface area contributed by atoms with Crippen molar-refractivity contribution >= 4 is 16.8 Å². The molecule has 4 nitrogen and oxygen atoms in total. The van der Waals surface area contributed by atoms with Gasteiger partial charge in [0.05, 0.1) is 17.4 Å². The molecule has 8 heteroatoms. The molecular formula is C26H23F4N3O. The quantitative estimate of drug-likeness (QED) is 0.352. The van der Waals surface area contributed by atoms with Crippen molar-refractivity contribution in [1.82, 2.24) is 15.1 Å². The second kappa shape index (κ2) is 8.93. The molecule has 0 spiro atoms. The Hall–Kier alpha value is -3.68. The second-order valence-electron chi connectivity index (χ2n) is 8.86. The molecule has 1 amide bonds. The first-order valence-corrected chi connectivity index (χ1v) is 10.7. The Morgan fingerprint density at radius 1 is 0.971 bits per heavy atom. The number of carbonyl (C=O) groups is 1. The highest BCUT2D eigenvalue weighted by molar-refractivity contribution is 5.82. The van der Waals surface area contributed by atoms with Gasteiger partial charge in [0.25, 0.3) is 0 Å². The molecule has 4 aromatic rings. The average Bonchev–Trinajstić information content (AvgIpc) is 3.21. The Balaban J connectivity index is 1.72. The number of aromatic nitrogens is 2. The van der Waals surface area contributed by atoms with E-state index in [2.05, 4.69) is 5.10 Å². The number of nitrogens with one attached hydrogen (secondary N) is 1. The number of fused-ring (bicyclic) bond motifs is 1. The molecule has 176 valence electrons. The third kappa shape index (κ3) is 4.81. The lowest BCUT2D eigenvalue weighted by Crippen LogP contribution is -2.43. The molecule has 3 aromatic carbocycles. The van der Waals surface area contributed by atoms with Gasteiger partial charge in [0.2, 0.25) is 0 Å². The van der Waals surface area contributed by atoms with Gasteiger partial charge in [0.15, 0.2) is 0 Å². The molecule has 0 aliphatic heterocycles. The topological polar surface area (TPSA) is 46.9 Å². The van der Waals surface area contributed by atoms with Gasteiger partial charge in [0.1, 0.15) is 5.82 Å². The first-order chi connectivity index (χ1) is 16.1. The van der Waals surface area contributed by atoms with Crippen molar-refractivity contribution in [3.05, 3.63) is 95.9 Å². The number of rotatable bonds is 6. The van der Waals surface area contributed by atoms with E-state index in [0.717, 1.165) is 22.0 Å². The molecule has 0 saturated heterocycles. The van der Waals surface area contributed by atoms with E-state index in [1.807, 2.05) is 67.7 Å². The van der Waals surface area contributed by atoms with E-state index in [9.17, 15) is 22.4 Å². The summed E-state index contributed by atoms with van der Waals surface area (Å²) >= 11 is 0. The largest absolute Gasteiger partial charge is 0.471 e. The lowest BCUT2D eigenvalue weighted by atomic mass is 9.71. The van der Waals surface area contributed by atoms with Crippen LogP contribution in [0.4, 0.5) is 17.6 Å². The lowest BCUT2D eigenvalue weighted by molar-refractivity contribution is -0.174. The molecule has 34 heavy (non-hydrogen) atoms. The Kier molecular flexibility index (Phi) is 6.17. The Morgan fingerprint density at radius 3 is 2.29 bits per heavy atom. The normalized spacial score (nSPS) is 13.1. The van der Waals surface area contributed by atoms with Crippen molar-refractivity contribution in [1.29, 1.82) is 0 Å². The molecule has 4 rings (SSSR count). The summed E-state index contributed by atoms with van der Waals surface area (Å²) in [5.41, 5.74) is 2.56. The van der Waals surface area contributed by atoms with Crippen LogP contribution in [0.3, 0.4) is 0 Å². The van der Waals surface area contributed by atoms with Gasteiger partial charge >= 0.3 is 12.1 Å². The molecule has 1 atom stereocenters. The zero-order valence-corrected chi connectivity index (χ0v) is 18.6.